The first-order chi connectivity index (χ1) is 9.64. The summed E-state index contributed by atoms with van der Waals surface area (Å²) in [5.74, 6) is 0. The van der Waals surface area contributed by atoms with Crippen molar-refractivity contribution in [2.75, 3.05) is 26.7 Å². The van der Waals surface area contributed by atoms with Crippen LogP contribution >= 0.6 is 0 Å². The molecule has 2 heteroatoms. The minimum absolute atomic E-state index is 0.445. The lowest BCUT2D eigenvalue weighted by Crippen LogP contribution is -2.34. The zero-order chi connectivity index (χ0) is 14.6. The number of aryl methyl sites for hydroxylation is 1. The third-order valence-electron chi connectivity index (χ3n) is 5.37. The third-order valence-corrected chi connectivity index (χ3v) is 5.37. The molecule has 1 unspecified atom stereocenters. The van der Waals surface area contributed by atoms with Crippen LogP contribution in [0.3, 0.4) is 0 Å². The molecule has 0 aliphatic carbocycles. The summed E-state index contributed by atoms with van der Waals surface area (Å²) < 4.78 is 0. The largest absolute Gasteiger partial charge is 0.312 e. The standard InChI is InChI=1S/C18H30N2/c1-5-18(6-2)11-12-20(14-18)13-17(19-4)16-10-8-7-9-15(16)3/h7-10,17,19H,5-6,11-14H2,1-4H3. The first-order valence-corrected chi connectivity index (χ1v) is 8.09. The molecule has 0 saturated carbocycles. The van der Waals surface area contributed by atoms with E-state index in [0.29, 0.717) is 11.5 Å². The zero-order valence-corrected chi connectivity index (χ0v) is 13.6. The molecule has 0 spiro atoms. The lowest BCUT2D eigenvalue weighted by molar-refractivity contribution is 0.227. The predicted octanol–water partition coefficient (Wildman–Crippen LogP) is 3.77. The molecule has 1 aromatic carbocycles. The summed E-state index contributed by atoms with van der Waals surface area (Å²) in [7, 11) is 2.08. The predicted molar refractivity (Wildman–Crippen MR) is 87.1 cm³/mol. The molecule has 2 nitrogen and oxygen atoms in total. The molecule has 1 N–H and O–H groups in total. The van der Waals surface area contributed by atoms with Crippen LogP contribution in [-0.2, 0) is 0 Å². The highest BCUT2D eigenvalue weighted by Gasteiger charge is 2.35. The van der Waals surface area contributed by atoms with Crippen LogP contribution in [0.2, 0.25) is 0 Å². The van der Waals surface area contributed by atoms with Gasteiger partial charge < -0.3 is 10.2 Å². The molecule has 1 fully saturated rings. The van der Waals surface area contributed by atoms with E-state index in [1.165, 1.54) is 43.5 Å². The molecule has 0 radical (unpaired) electrons. The molecule has 1 aliphatic rings. The number of hydrogen-bond donors (Lipinski definition) is 1. The van der Waals surface area contributed by atoms with Crippen molar-refractivity contribution in [2.45, 2.75) is 46.1 Å². The Labute approximate surface area is 124 Å². The summed E-state index contributed by atoms with van der Waals surface area (Å²) >= 11 is 0. The fourth-order valence-corrected chi connectivity index (χ4v) is 3.59. The highest BCUT2D eigenvalue weighted by molar-refractivity contribution is 5.29. The number of nitrogens with one attached hydrogen (secondary N) is 1. The van der Waals surface area contributed by atoms with Crippen LogP contribution in [0.4, 0.5) is 0 Å². The number of rotatable bonds is 6. The van der Waals surface area contributed by atoms with Gasteiger partial charge in [0.05, 0.1) is 0 Å². The average Bonchev–Trinajstić information content (AvgIpc) is 2.90. The molecule has 1 heterocycles. The van der Waals surface area contributed by atoms with E-state index in [0.717, 1.165) is 6.54 Å². The Hall–Kier alpha value is -0.860. The van der Waals surface area contributed by atoms with Gasteiger partial charge in [0.2, 0.25) is 0 Å². The summed E-state index contributed by atoms with van der Waals surface area (Å²) in [5, 5.41) is 3.51. The molecule has 0 aromatic heterocycles. The van der Waals surface area contributed by atoms with Crippen molar-refractivity contribution < 1.29 is 0 Å². The molecule has 0 bridgehead atoms. The van der Waals surface area contributed by atoms with E-state index in [2.05, 4.69) is 62.3 Å². The second kappa shape index (κ2) is 6.73. The van der Waals surface area contributed by atoms with E-state index in [1.54, 1.807) is 0 Å². The first-order valence-electron chi connectivity index (χ1n) is 8.09. The summed E-state index contributed by atoms with van der Waals surface area (Å²) in [6.45, 7) is 10.6. The van der Waals surface area contributed by atoms with Gasteiger partial charge in [-0.1, -0.05) is 38.1 Å². The number of benzene rings is 1. The molecule has 1 aromatic rings. The molecule has 1 aliphatic heterocycles. The number of hydrogen-bond acceptors (Lipinski definition) is 2. The van der Waals surface area contributed by atoms with Gasteiger partial charge in [0.1, 0.15) is 0 Å². The van der Waals surface area contributed by atoms with E-state index >= 15 is 0 Å². The van der Waals surface area contributed by atoms with Gasteiger partial charge in [-0.05, 0) is 56.3 Å². The van der Waals surface area contributed by atoms with Crippen LogP contribution < -0.4 is 5.32 Å². The molecule has 2 rings (SSSR count). The van der Waals surface area contributed by atoms with Crippen molar-refractivity contribution in [2.24, 2.45) is 5.41 Å². The fourth-order valence-electron chi connectivity index (χ4n) is 3.59. The maximum Gasteiger partial charge on any atom is 0.0449 e. The van der Waals surface area contributed by atoms with Crippen LogP contribution in [-0.4, -0.2) is 31.6 Å². The topological polar surface area (TPSA) is 15.3 Å². The van der Waals surface area contributed by atoms with E-state index in [1.807, 2.05) is 0 Å². The van der Waals surface area contributed by atoms with Crippen molar-refractivity contribution in [3.05, 3.63) is 35.4 Å². The van der Waals surface area contributed by atoms with Crippen LogP contribution in [0.5, 0.6) is 0 Å². The van der Waals surface area contributed by atoms with E-state index in [-0.39, 0.29) is 0 Å². The Morgan fingerprint density at radius 1 is 1.25 bits per heavy atom. The molecule has 0 amide bonds. The van der Waals surface area contributed by atoms with Crippen molar-refractivity contribution in [1.82, 2.24) is 10.2 Å². The fraction of sp³-hybridized carbons (Fsp3) is 0.667. The summed E-state index contributed by atoms with van der Waals surface area (Å²) in [6.07, 6.45) is 3.99. The van der Waals surface area contributed by atoms with Crippen LogP contribution in [0, 0.1) is 12.3 Å². The van der Waals surface area contributed by atoms with Crippen molar-refractivity contribution in [3.63, 3.8) is 0 Å². The minimum Gasteiger partial charge on any atom is -0.312 e. The zero-order valence-electron chi connectivity index (χ0n) is 13.6. The van der Waals surface area contributed by atoms with Gasteiger partial charge in [0.25, 0.3) is 0 Å². The highest BCUT2D eigenvalue weighted by Crippen LogP contribution is 2.37. The Bertz CT molecular complexity index is 423. The monoisotopic (exact) mass is 274 g/mol. The number of nitrogens with zero attached hydrogens (tertiary/aromatic N) is 1. The second-order valence-electron chi connectivity index (χ2n) is 6.39. The van der Waals surface area contributed by atoms with Gasteiger partial charge in [-0.3, -0.25) is 0 Å². The van der Waals surface area contributed by atoms with Gasteiger partial charge in [0, 0.05) is 19.1 Å². The van der Waals surface area contributed by atoms with Crippen molar-refractivity contribution in [1.29, 1.82) is 0 Å². The second-order valence-corrected chi connectivity index (χ2v) is 6.39. The molecule has 1 saturated heterocycles. The lowest BCUT2D eigenvalue weighted by Gasteiger charge is -2.29. The molecule has 20 heavy (non-hydrogen) atoms. The summed E-state index contributed by atoms with van der Waals surface area (Å²) in [4.78, 5) is 2.65. The molecule has 112 valence electrons. The summed E-state index contributed by atoms with van der Waals surface area (Å²) in [6, 6.07) is 9.20. The van der Waals surface area contributed by atoms with Gasteiger partial charge in [-0.2, -0.15) is 0 Å². The SMILES string of the molecule is CCC1(CC)CCN(CC(NC)c2ccccc2C)C1. The molecular formula is C18H30N2. The van der Waals surface area contributed by atoms with Gasteiger partial charge in [0.15, 0.2) is 0 Å². The first kappa shape index (κ1) is 15.5. The molecule has 1 atom stereocenters. The minimum atomic E-state index is 0.445. The lowest BCUT2D eigenvalue weighted by atomic mass is 9.82. The Morgan fingerprint density at radius 3 is 2.50 bits per heavy atom. The van der Waals surface area contributed by atoms with Crippen molar-refractivity contribution >= 4 is 0 Å². The Balaban J connectivity index is 2.04. The molecular weight excluding hydrogens is 244 g/mol. The Morgan fingerprint density at radius 2 is 1.95 bits per heavy atom. The average molecular weight is 274 g/mol. The van der Waals surface area contributed by atoms with Crippen LogP contribution in [0.25, 0.3) is 0 Å². The maximum atomic E-state index is 3.51. The highest BCUT2D eigenvalue weighted by atomic mass is 15.2. The summed E-state index contributed by atoms with van der Waals surface area (Å²) in [5.41, 5.74) is 3.41. The van der Waals surface area contributed by atoms with Crippen LogP contribution in [0.1, 0.15) is 50.3 Å². The number of likely N-dealkylation sites (N-methyl/N-ethyl adjacent to an activating group) is 1. The van der Waals surface area contributed by atoms with Crippen LogP contribution in [0.15, 0.2) is 24.3 Å². The smallest absolute Gasteiger partial charge is 0.0449 e. The Kier molecular flexibility index (Phi) is 5.22. The van der Waals surface area contributed by atoms with Crippen molar-refractivity contribution in [3.8, 4) is 0 Å². The number of likely N-dealkylation sites (tertiary alicyclic amines) is 1. The van der Waals surface area contributed by atoms with Gasteiger partial charge in [-0.15, -0.1) is 0 Å². The van der Waals surface area contributed by atoms with E-state index in [9.17, 15) is 0 Å². The normalized spacial score (nSPS) is 20.2. The third kappa shape index (κ3) is 3.24. The maximum absolute atomic E-state index is 3.51. The van der Waals surface area contributed by atoms with Gasteiger partial charge in [-0.25, -0.2) is 0 Å². The quantitative estimate of drug-likeness (QED) is 0.849. The van der Waals surface area contributed by atoms with E-state index in [4.69, 9.17) is 0 Å². The van der Waals surface area contributed by atoms with Gasteiger partial charge >= 0.3 is 0 Å². The van der Waals surface area contributed by atoms with E-state index < -0.39 is 0 Å².